The molecule has 0 radical (unpaired) electrons. The van der Waals surface area contributed by atoms with Crippen LogP contribution in [0.2, 0.25) is 0 Å². The van der Waals surface area contributed by atoms with Gasteiger partial charge in [-0.05, 0) is 54.2 Å². The normalized spacial score (nSPS) is 10.8. The molecule has 2 rings (SSSR count). The van der Waals surface area contributed by atoms with E-state index in [1.807, 2.05) is 24.3 Å². The molecule has 0 amide bonds. The van der Waals surface area contributed by atoms with Gasteiger partial charge in [-0.2, -0.15) is 0 Å². The minimum Gasteiger partial charge on any atom is -0.421 e. The average Bonchev–Trinajstić information content (AvgIpc) is 2.84. The lowest BCUT2D eigenvalue weighted by atomic mass is 10.2. The second kappa shape index (κ2) is 6.84. The SMILES string of the molecule is CCNCCCc1nnc(-c2ccccc2I)o1. The first kappa shape index (κ1) is 13.5. The zero-order valence-electron chi connectivity index (χ0n) is 10.3. The van der Waals surface area contributed by atoms with Gasteiger partial charge in [0.1, 0.15) is 0 Å². The predicted molar refractivity (Wildman–Crippen MR) is 79.3 cm³/mol. The number of hydrogen-bond acceptors (Lipinski definition) is 4. The molecular weight excluding hydrogens is 341 g/mol. The summed E-state index contributed by atoms with van der Waals surface area (Å²) in [6.45, 7) is 4.08. The molecule has 1 aromatic heterocycles. The number of hydrogen-bond donors (Lipinski definition) is 1. The highest BCUT2D eigenvalue weighted by Gasteiger charge is 2.10. The summed E-state index contributed by atoms with van der Waals surface area (Å²) in [6, 6.07) is 8.01. The molecule has 18 heavy (non-hydrogen) atoms. The Morgan fingerprint density at radius 3 is 2.89 bits per heavy atom. The van der Waals surface area contributed by atoms with E-state index >= 15 is 0 Å². The molecular formula is C13H16IN3O. The lowest BCUT2D eigenvalue weighted by Gasteiger charge is -1.98. The molecule has 0 aliphatic heterocycles. The number of benzene rings is 1. The minimum absolute atomic E-state index is 0.610. The molecule has 0 bridgehead atoms. The van der Waals surface area contributed by atoms with Crippen LogP contribution in [0.15, 0.2) is 28.7 Å². The van der Waals surface area contributed by atoms with Crippen LogP contribution in [0.5, 0.6) is 0 Å². The maximum Gasteiger partial charge on any atom is 0.248 e. The van der Waals surface area contributed by atoms with Gasteiger partial charge in [-0.3, -0.25) is 0 Å². The highest BCUT2D eigenvalue weighted by Crippen LogP contribution is 2.23. The van der Waals surface area contributed by atoms with Crippen molar-refractivity contribution in [1.82, 2.24) is 15.5 Å². The van der Waals surface area contributed by atoms with Crippen molar-refractivity contribution in [2.75, 3.05) is 13.1 Å². The molecule has 4 nitrogen and oxygen atoms in total. The topological polar surface area (TPSA) is 51.0 Å². The zero-order chi connectivity index (χ0) is 12.8. The summed E-state index contributed by atoms with van der Waals surface area (Å²) in [5.41, 5.74) is 1.00. The van der Waals surface area contributed by atoms with Gasteiger partial charge in [0.05, 0.1) is 5.56 Å². The fourth-order valence-electron chi connectivity index (χ4n) is 1.64. The Morgan fingerprint density at radius 2 is 2.11 bits per heavy atom. The molecule has 5 heteroatoms. The van der Waals surface area contributed by atoms with Crippen molar-refractivity contribution < 1.29 is 4.42 Å². The van der Waals surface area contributed by atoms with E-state index in [1.165, 1.54) is 0 Å². The fourth-order valence-corrected chi connectivity index (χ4v) is 2.26. The first-order valence-electron chi connectivity index (χ1n) is 6.09. The number of halogens is 1. The summed E-state index contributed by atoms with van der Waals surface area (Å²) in [6.07, 6.45) is 1.84. The standard InChI is InChI=1S/C13H16IN3O/c1-2-15-9-5-8-12-16-17-13(18-12)10-6-3-4-7-11(10)14/h3-4,6-7,15H,2,5,8-9H2,1H3. The van der Waals surface area contributed by atoms with Crippen LogP contribution in [0.1, 0.15) is 19.2 Å². The first-order valence-corrected chi connectivity index (χ1v) is 7.17. The summed E-state index contributed by atoms with van der Waals surface area (Å²) < 4.78 is 6.80. The Hall–Kier alpha value is -0.950. The number of aryl methyl sites for hydroxylation is 1. The lowest BCUT2D eigenvalue weighted by Crippen LogP contribution is -2.14. The maximum absolute atomic E-state index is 5.68. The van der Waals surface area contributed by atoms with Crippen LogP contribution in [0, 0.1) is 3.57 Å². The third kappa shape index (κ3) is 3.52. The van der Waals surface area contributed by atoms with Gasteiger partial charge >= 0.3 is 0 Å². The van der Waals surface area contributed by atoms with Crippen LogP contribution < -0.4 is 5.32 Å². The van der Waals surface area contributed by atoms with Crippen molar-refractivity contribution >= 4 is 22.6 Å². The predicted octanol–water partition coefficient (Wildman–Crippen LogP) is 2.88. The summed E-state index contributed by atoms with van der Waals surface area (Å²) in [7, 11) is 0. The van der Waals surface area contributed by atoms with Gasteiger partial charge < -0.3 is 9.73 Å². The van der Waals surface area contributed by atoms with Crippen LogP contribution in [-0.2, 0) is 6.42 Å². The molecule has 2 aromatic rings. The smallest absolute Gasteiger partial charge is 0.248 e. The Morgan fingerprint density at radius 1 is 1.28 bits per heavy atom. The van der Waals surface area contributed by atoms with E-state index in [0.717, 1.165) is 35.1 Å². The van der Waals surface area contributed by atoms with Gasteiger partial charge in [0.25, 0.3) is 0 Å². The zero-order valence-corrected chi connectivity index (χ0v) is 12.5. The third-order valence-electron chi connectivity index (χ3n) is 2.57. The number of aromatic nitrogens is 2. The quantitative estimate of drug-likeness (QED) is 0.638. The van der Waals surface area contributed by atoms with Gasteiger partial charge in [-0.25, -0.2) is 0 Å². The fraction of sp³-hybridized carbons (Fsp3) is 0.385. The molecule has 0 fully saturated rings. The molecule has 0 aliphatic carbocycles. The van der Waals surface area contributed by atoms with Gasteiger partial charge in [0, 0.05) is 9.99 Å². The van der Waals surface area contributed by atoms with Crippen molar-refractivity contribution in [3.63, 3.8) is 0 Å². The van der Waals surface area contributed by atoms with Gasteiger partial charge in [0.2, 0.25) is 11.8 Å². The van der Waals surface area contributed by atoms with Gasteiger partial charge in [0.15, 0.2) is 0 Å². The van der Waals surface area contributed by atoms with Crippen molar-refractivity contribution in [2.45, 2.75) is 19.8 Å². The summed E-state index contributed by atoms with van der Waals surface area (Å²) in [4.78, 5) is 0. The van der Waals surface area contributed by atoms with Crippen LogP contribution in [0.4, 0.5) is 0 Å². The summed E-state index contributed by atoms with van der Waals surface area (Å²) >= 11 is 2.28. The van der Waals surface area contributed by atoms with E-state index in [9.17, 15) is 0 Å². The van der Waals surface area contributed by atoms with E-state index in [1.54, 1.807) is 0 Å². The van der Waals surface area contributed by atoms with Crippen molar-refractivity contribution in [3.8, 4) is 11.5 Å². The van der Waals surface area contributed by atoms with E-state index in [4.69, 9.17) is 4.42 Å². The Balaban J connectivity index is 2.00. The number of rotatable bonds is 6. The van der Waals surface area contributed by atoms with Gasteiger partial charge in [-0.1, -0.05) is 19.1 Å². The van der Waals surface area contributed by atoms with Crippen molar-refractivity contribution in [3.05, 3.63) is 33.7 Å². The molecule has 0 saturated carbocycles. The van der Waals surface area contributed by atoms with E-state index in [-0.39, 0.29) is 0 Å². The molecule has 96 valence electrons. The highest BCUT2D eigenvalue weighted by molar-refractivity contribution is 14.1. The maximum atomic E-state index is 5.68. The monoisotopic (exact) mass is 357 g/mol. The van der Waals surface area contributed by atoms with Crippen molar-refractivity contribution in [1.29, 1.82) is 0 Å². The van der Waals surface area contributed by atoms with E-state index in [0.29, 0.717) is 11.8 Å². The molecule has 0 unspecified atom stereocenters. The first-order chi connectivity index (χ1) is 8.81. The van der Waals surface area contributed by atoms with Crippen molar-refractivity contribution in [2.24, 2.45) is 0 Å². The van der Waals surface area contributed by atoms with E-state index < -0.39 is 0 Å². The Labute approximate surface area is 120 Å². The number of nitrogens with zero attached hydrogens (tertiary/aromatic N) is 2. The summed E-state index contributed by atoms with van der Waals surface area (Å²) in [5.74, 6) is 1.32. The van der Waals surface area contributed by atoms with Crippen LogP contribution in [0.3, 0.4) is 0 Å². The molecule has 0 spiro atoms. The lowest BCUT2D eigenvalue weighted by molar-refractivity contribution is 0.492. The van der Waals surface area contributed by atoms with Gasteiger partial charge in [-0.15, -0.1) is 10.2 Å². The molecule has 0 aliphatic rings. The minimum atomic E-state index is 0.610. The second-order valence-corrected chi connectivity index (χ2v) is 5.10. The molecule has 1 heterocycles. The molecule has 0 saturated heterocycles. The molecule has 1 aromatic carbocycles. The van der Waals surface area contributed by atoms with Crippen LogP contribution in [0.25, 0.3) is 11.5 Å². The third-order valence-corrected chi connectivity index (χ3v) is 3.51. The van der Waals surface area contributed by atoms with Crippen LogP contribution in [-0.4, -0.2) is 23.3 Å². The highest BCUT2D eigenvalue weighted by atomic mass is 127. The number of nitrogens with one attached hydrogen (secondary N) is 1. The van der Waals surface area contributed by atoms with Crippen LogP contribution >= 0.6 is 22.6 Å². The Kier molecular flexibility index (Phi) is 5.12. The van der Waals surface area contributed by atoms with E-state index in [2.05, 4.69) is 45.0 Å². The Bertz CT molecular complexity index is 498. The molecule has 1 N–H and O–H groups in total. The largest absolute Gasteiger partial charge is 0.421 e. The second-order valence-electron chi connectivity index (χ2n) is 3.94. The average molecular weight is 357 g/mol. The molecule has 0 atom stereocenters. The summed E-state index contributed by atoms with van der Waals surface area (Å²) in [5, 5.41) is 11.5.